The second-order valence-corrected chi connectivity index (χ2v) is 9.72. The SMILES string of the molecule is C[N+](C)(C)CCN1CC(COCc2cc(C(F)(F)F)cc(C(F)(F)F)c2)(c2ccccc2)NC1=O.[I-]. The number of carbonyl (C=O) groups is 1. The predicted octanol–water partition coefficient (Wildman–Crippen LogP) is 1.87. The molecule has 2 aromatic rings. The molecule has 0 aromatic heterocycles. The molecule has 0 spiro atoms. The van der Waals surface area contributed by atoms with E-state index in [0.29, 0.717) is 29.7 Å². The van der Waals surface area contributed by atoms with Gasteiger partial charge in [-0.05, 0) is 29.3 Å². The molecule has 2 amide bonds. The maximum absolute atomic E-state index is 13.2. The lowest BCUT2D eigenvalue weighted by Crippen LogP contribution is -3.00. The average molecular weight is 631 g/mol. The van der Waals surface area contributed by atoms with E-state index in [9.17, 15) is 31.1 Å². The highest BCUT2D eigenvalue weighted by molar-refractivity contribution is 5.78. The van der Waals surface area contributed by atoms with Gasteiger partial charge in [-0.1, -0.05) is 30.3 Å². The molecule has 36 heavy (non-hydrogen) atoms. The number of nitrogens with zero attached hydrogens (tertiary/aromatic N) is 2. The number of quaternary nitrogens is 1. The zero-order valence-electron chi connectivity index (χ0n) is 20.0. The van der Waals surface area contributed by atoms with Crippen molar-refractivity contribution in [2.75, 3.05) is 47.4 Å². The molecule has 3 rings (SSSR count). The standard InChI is InChI=1S/C24H27F6N3O2.HI/c1-33(2,3)10-9-32-15-22(31-21(32)34,18-7-5-4-6-8-18)16-35-14-17-11-19(23(25,26)27)13-20(12-17)24(28,29)30;/h4-8,11-13H,9-10,14-16H2,1-3H3;1H. The summed E-state index contributed by atoms with van der Waals surface area (Å²) in [4.78, 5) is 14.4. The molecule has 1 unspecified atom stereocenters. The third-order valence-corrected chi connectivity index (χ3v) is 5.73. The summed E-state index contributed by atoms with van der Waals surface area (Å²) in [5, 5.41) is 2.92. The topological polar surface area (TPSA) is 41.6 Å². The van der Waals surface area contributed by atoms with Gasteiger partial charge in [0.15, 0.2) is 0 Å². The highest BCUT2D eigenvalue weighted by atomic mass is 127. The van der Waals surface area contributed by atoms with Crippen molar-refractivity contribution in [1.29, 1.82) is 0 Å². The van der Waals surface area contributed by atoms with Gasteiger partial charge in [-0.25, -0.2) is 4.79 Å². The summed E-state index contributed by atoms with van der Waals surface area (Å²) in [6, 6.07) is 9.99. The van der Waals surface area contributed by atoms with E-state index < -0.39 is 35.6 Å². The third-order valence-electron chi connectivity index (χ3n) is 5.73. The molecule has 5 nitrogen and oxygen atoms in total. The van der Waals surface area contributed by atoms with Crippen LogP contribution in [-0.4, -0.2) is 62.8 Å². The fourth-order valence-corrected chi connectivity index (χ4v) is 3.85. The number of carbonyl (C=O) groups excluding carboxylic acids is 1. The van der Waals surface area contributed by atoms with Crippen LogP contribution in [-0.2, 0) is 29.2 Å². The number of hydrogen-bond acceptors (Lipinski definition) is 2. The van der Waals surface area contributed by atoms with Gasteiger partial charge in [0, 0.05) is 0 Å². The summed E-state index contributed by atoms with van der Waals surface area (Å²) in [6.07, 6.45) is -9.88. The van der Waals surface area contributed by atoms with Crippen molar-refractivity contribution in [3.63, 3.8) is 0 Å². The lowest BCUT2D eigenvalue weighted by Gasteiger charge is -2.30. The zero-order valence-corrected chi connectivity index (χ0v) is 22.2. The van der Waals surface area contributed by atoms with Gasteiger partial charge < -0.3 is 43.4 Å². The van der Waals surface area contributed by atoms with Crippen molar-refractivity contribution in [1.82, 2.24) is 10.2 Å². The van der Waals surface area contributed by atoms with Crippen LogP contribution in [0.2, 0.25) is 0 Å². The summed E-state index contributed by atoms with van der Waals surface area (Å²) < 4.78 is 85.3. The van der Waals surface area contributed by atoms with Crippen LogP contribution in [0.15, 0.2) is 48.5 Å². The Balaban J connectivity index is 0.00000456. The molecule has 0 radical (unpaired) electrons. The van der Waals surface area contributed by atoms with Crippen LogP contribution in [0, 0.1) is 0 Å². The summed E-state index contributed by atoms with van der Waals surface area (Å²) in [5.41, 5.74) is -3.34. The molecule has 0 saturated carbocycles. The molecule has 0 bridgehead atoms. The summed E-state index contributed by atoms with van der Waals surface area (Å²) >= 11 is 0. The molecule has 12 heteroatoms. The van der Waals surface area contributed by atoms with E-state index in [-0.39, 0.29) is 54.8 Å². The number of nitrogens with one attached hydrogen (secondary N) is 1. The molecule has 2 aromatic carbocycles. The molecule has 1 aliphatic rings. The van der Waals surface area contributed by atoms with Crippen molar-refractivity contribution in [2.45, 2.75) is 24.5 Å². The predicted molar refractivity (Wildman–Crippen MR) is 117 cm³/mol. The Labute approximate surface area is 223 Å². The van der Waals surface area contributed by atoms with E-state index in [1.165, 1.54) is 0 Å². The van der Waals surface area contributed by atoms with Crippen molar-refractivity contribution in [3.05, 3.63) is 70.8 Å². The summed E-state index contributed by atoms with van der Waals surface area (Å²) in [6.45, 7) is 0.764. The van der Waals surface area contributed by atoms with Gasteiger partial charge in [-0.3, -0.25) is 0 Å². The summed E-state index contributed by atoms with van der Waals surface area (Å²) in [5.74, 6) is 0. The first kappa shape index (κ1) is 30.2. The zero-order chi connectivity index (χ0) is 26.1. The van der Waals surface area contributed by atoms with Crippen LogP contribution in [0.5, 0.6) is 0 Å². The van der Waals surface area contributed by atoms with E-state index in [2.05, 4.69) is 5.32 Å². The third kappa shape index (κ3) is 7.72. The number of rotatable bonds is 8. The Morgan fingerprint density at radius 3 is 2.03 bits per heavy atom. The minimum Gasteiger partial charge on any atom is -1.00 e. The number of ether oxygens (including phenoxy) is 1. The average Bonchev–Trinajstić information content (AvgIpc) is 3.07. The number of benzene rings is 2. The Bertz CT molecular complexity index is 1010. The highest BCUT2D eigenvalue weighted by Crippen LogP contribution is 2.37. The molecule has 1 fully saturated rings. The molecule has 0 aliphatic carbocycles. The van der Waals surface area contributed by atoms with Gasteiger partial charge in [-0.2, -0.15) is 26.3 Å². The number of halogens is 7. The van der Waals surface area contributed by atoms with E-state index in [1.807, 2.05) is 21.1 Å². The van der Waals surface area contributed by atoms with Crippen molar-refractivity contribution in [3.8, 4) is 0 Å². The highest BCUT2D eigenvalue weighted by Gasteiger charge is 2.44. The number of urea groups is 1. The fourth-order valence-electron chi connectivity index (χ4n) is 3.85. The number of alkyl halides is 6. The van der Waals surface area contributed by atoms with Crippen LogP contribution < -0.4 is 29.3 Å². The number of hydrogen-bond donors (Lipinski definition) is 1. The van der Waals surface area contributed by atoms with Gasteiger partial charge in [0.05, 0.1) is 65.1 Å². The lowest BCUT2D eigenvalue weighted by molar-refractivity contribution is -0.869. The maximum atomic E-state index is 13.2. The van der Waals surface area contributed by atoms with Crippen LogP contribution in [0.4, 0.5) is 31.1 Å². The minimum absolute atomic E-state index is 0. The summed E-state index contributed by atoms with van der Waals surface area (Å²) in [7, 11) is 5.98. The molecule has 200 valence electrons. The first-order chi connectivity index (χ1) is 16.1. The second-order valence-electron chi connectivity index (χ2n) is 9.72. The molecular weight excluding hydrogens is 603 g/mol. The Kier molecular flexibility index (Phi) is 9.33. The number of likely N-dealkylation sites (N-methyl/N-ethyl adjacent to an activating group) is 1. The van der Waals surface area contributed by atoms with E-state index >= 15 is 0 Å². The van der Waals surface area contributed by atoms with Crippen molar-refractivity contribution >= 4 is 6.03 Å². The fraction of sp³-hybridized carbons (Fsp3) is 0.458. The van der Waals surface area contributed by atoms with E-state index in [1.54, 1.807) is 35.2 Å². The molecule has 1 aliphatic heterocycles. The Morgan fingerprint density at radius 2 is 1.53 bits per heavy atom. The minimum atomic E-state index is -4.94. The smallest absolute Gasteiger partial charge is 0.416 e. The van der Waals surface area contributed by atoms with Gasteiger partial charge >= 0.3 is 18.4 Å². The van der Waals surface area contributed by atoms with Gasteiger partial charge in [0.1, 0.15) is 5.54 Å². The van der Waals surface area contributed by atoms with Crippen LogP contribution >= 0.6 is 0 Å². The monoisotopic (exact) mass is 631 g/mol. The van der Waals surface area contributed by atoms with E-state index in [0.717, 1.165) is 5.56 Å². The normalized spacial score (nSPS) is 18.7. The molecular formula is C24H28F6IN3O2. The second kappa shape index (κ2) is 11.1. The number of amides is 2. The Morgan fingerprint density at radius 1 is 0.972 bits per heavy atom. The van der Waals surface area contributed by atoms with Gasteiger partial charge in [0.2, 0.25) is 0 Å². The van der Waals surface area contributed by atoms with E-state index in [4.69, 9.17) is 4.74 Å². The van der Waals surface area contributed by atoms with Crippen LogP contribution in [0.1, 0.15) is 22.3 Å². The first-order valence-electron chi connectivity index (χ1n) is 10.9. The first-order valence-corrected chi connectivity index (χ1v) is 10.9. The maximum Gasteiger partial charge on any atom is 0.416 e. The van der Waals surface area contributed by atoms with Gasteiger partial charge in [-0.15, -0.1) is 0 Å². The van der Waals surface area contributed by atoms with Crippen LogP contribution in [0.25, 0.3) is 0 Å². The van der Waals surface area contributed by atoms with Crippen molar-refractivity contribution < 1.29 is 64.3 Å². The molecule has 1 heterocycles. The Hall–Kier alpha value is -2.06. The quantitative estimate of drug-likeness (QED) is 0.275. The molecule has 1 saturated heterocycles. The van der Waals surface area contributed by atoms with Gasteiger partial charge in [0.25, 0.3) is 0 Å². The van der Waals surface area contributed by atoms with Crippen molar-refractivity contribution in [2.24, 2.45) is 0 Å². The molecule has 1 N–H and O–H groups in total. The lowest BCUT2D eigenvalue weighted by atomic mass is 9.91. The molecule has 1 atom stereocenters. The largest absolute Gasteiger partial charge is 1.00 e. The van der Waals surface area contributed by atoms with Crippen LogP contribution in [0.3, 0.4) is 0 Å².